The lowest BCUT2D eigenvalue weighted by Crippen LogP contribution is -2.30. The highest BCUT2D eigenvalue weighted by molar-refractivity contribution is 6.42. The van der Waals surface area contributed by atoms with Gasteiger partial charge in [-0.05, 0) is 30.5 Å². The summed E-state index contributed by atoms with van der Waals surface area (Å²) < 4.78 is 11.7. The molecule has 6 heteroatoms. The SMILES string of the molecule is CC(=O)NCCOC[C@@H]1OCCCC[C@H]1c1ccc(Cl)c(Cl)c1. The molecule has 0 aromatic heterocycles. The fourth-order valence-corrected chi connectivity index (χ4v) is 3.10. The third-order valence-electron chi connectivity index (χ3n) is 3.96. The predicted octanol–water partition coefficient (Wildman–Crippen LogP) is 3.80. The van der Waals surface area contributed by atoms with Crippen LogP contribution in [-0.2, 0) is 14.3 Å². The number of ether oxygens (including phenoxy) is 2. The van der Waals surface area contributed by atoms with E-state index in [9.17, 15) is 4.79 Å². The van der Waals surface area contributed by atoms with Crippen molar-refractivity contribution in [3.05, 3.63) is 33.8 Å². The standard InChI is InChI=1S/C17H23Cl2NO3/c1-12(21)20-7-9-22-11-17-14(4-2-3-8-23-17)13-5-6-15(18)16(19)10-13/h5-6,10,14,17H,2-4,7-9,11H2,1H3,(H,20,21)/t14-,17-/m0/s1. The zero-order valence-corrected chi connectivity index (χ0v) is 14.8. The summed E-state index contributed by atoms with van der Waals surface area (Å²) in [6, 6.07) is 5.77. The number of hydrogen-bond acceptors (Lipinski definition) is 3. The van der Waals surface area contributed by atoms with Crippen LogP contribution in [-0.4, -0.2) is 38.4 Å². The molecular weight excluding hydrogens is 337 g/mol. The monoisotopic (exact) mass is 359 g/mol. The van der Waals surface area contributed by atoms with Crippen LogP contribution in [0, 0.1) is 0 Å². The average molecular weight is 360 g/mol. The Morgan fingerprint density at radius 3 is 2.91 bits per heavy atom. The normalized spacial score (nSPS) is 21.7. The summed E-state index contributed by atoms with van der Waals surface area (Å²) in [6.45, 7) is 3.74. The molecule has 1 aliphatic heterocycles. The van der Waals surface area contributed by atoms with Crippen LogP contribution < -0.4 is 5.32 Å². The van der Waals surface area contributed by atoms with Crippen molar-refractivity contribution >= 4 is 29.1 Å². The molecule has 128 valence electrons. The zero-order chi connectivity index (χ0) is 16.7. The molecule has 1 heterocycles. The van der Waals surface area contributed by atoms with Crippen molar-refractivity contribution in [2.24, 2.45) is 0 Å². The van der Waals surface area contributed by atoms with E-state index in [2.05, 4.69) is 5.32 Å². The predicted molar refractivity (Wildman–Crippen MR) is 92.3 cm³/mol. The number of amides is 1. The molecule has 1 N–H and O–H groups in total. The van der Waals surface area contributed by atoms with Gasteiger partial charge < -0.3 is 14.8 Å². The fraction of sp³-hybridized carbons (Fsp3) is 0.588. The van der Waals surface area contributed by atoms with Gasteiger partial charge in [0.05, 0.1) is 29.4 Å². The van der Waals surface area contributed by atoms with Gasteiger partial charge in [0.2, 0.25) is 5.91 Å². The molecule has 0 radical (unpaired) electrons. The van der Waals surface area contributed by atoms with Gasteiger partial charge in [-0.15, -0.1) is 0 Å². The van der Waals surface area contributed by atoms with Crippen molar-refractivity contribution in [3.63, 3.8) is 0 Å². The van der Waals surface area contributed by atoms with Gasteiger partial charge in [-0.3, -0.25) is 4.79 Å². The Morgan fingerprint density at radius 1 is 1.35 bits per heavy atom. The Hall–Kier alpha value is -0.810. The summed E-state index contributed by atoms with van der Waals surface area (Å²) in [7, 11) is 0. The molecule has 0 aliphatic carbocycles. The quantitative estimate of drug-likeness (QED) is 0.785. The van der Waals surface area contributed by atoms with Crippen LogP contribution in [0.2, 0.25) is 10.0 Å². The molecule has 23 heavy (non-hydrogen) atoms. The number of benzene rings is 1. The molecule has 2 atom stereocenters. The van der Waals surface area contributed by atoms with Crippen molar-refractivity contribution in [3.8, 4) is 0 Å². The highest BCUT2D eigenvalue weighted by atomic mass is 35.5. The first-order chi connectivity index (χ1) is 11.1. The second kappa shape index (κ2) is 9.48. The van der Waals surface area contributed by atoms with Crippen molar-refractivity contribution in [2.75, 3.05) is 26.4 Å². The van der Waals surface area contributed by atoms with E-state index in [1.54, 1.807) is 0 Å². The largest absolute Gasteiger partial charge is 0.377 e. The van der Waals surface area contributed by atoms with E-state index in [-0.39, 0.29) is 17.9 Å². The second-order valence-corrected chi connectivity index (χ2v) is 6.56. The van der Waals surface area contributed by atoms with Gasteiger partial charge in [0.25, 0.3) is 0 Å². The maximum Gasteiger partial charge on any atom is 0.216 e. The summed E-state index contributed by atoms with van der Waals surface area (Å²) in [5.41, 5.74) is 1.14. The van der Waals surface area contributed by atoms with Crippen molar-refractivity contribution in [1.82, 2.24) is 5.32 Å². The lowest BCUT2D eigenvalue weighted by atomic mass is 9.89. The lowest BCUT2D eigenvalue weighted by molar-refractivity contribution is -0.119. The molecule has 1 saturated heterocycles. The van der Waals surface area contributed by atoms with E-state index in [1.165, 1.54) is 6.92 Å². The van der Waals surface area contributed by atoms with E-state index in [1.807, 2.05) is 18.2 Å². The molecular formula is C17H23Cl2NO3. The number of carbonyl (C=O) groups excluding carboxylic acids is 1. The summed E-state index contributed by atoms with van der Waals surface area (Å²) in [5.74, 6) is 0.195. The molecule has 1 aromatic rings. The summed E-state index contributed by atoms with van der Waals surface area (Å²) >= 11 is 12.2. The first-order valence-electron chi connectivity index (χ1n) is 7.96. The minimum Gasteiger partial charge on any atom is -0.377 e. The number of rotatable bonds is 6. The first-order valence-corrected chi connectivity index (χ1v) is 8.72. The number of halogens is 2. The van der Waals surface area contributed by atoms with E-state index in [0.717, 1.165) is 31.4 Å². The topological polar surface area (TPSA) is 47.6 Å². The minimum atomic E-state index is -0.0481. The number of hydrogen-bond donors (Lipinski definition) is 1. The van der Waals surface area contributed by atoms with Crippen LogP contribution in [0.4, 0.5) is 0 Å². The summed E-state index contributed by atoms with van der Waals surface area (Å²) in [4.78, 5) is 10.8. The maximum atomic E-state index is 10.8. The van der Waals surface area contributed by atoms with Gasteiger partial charge in [0, 0.05) is 26.0 Å². The van der Waals surface area contributed by atoms with Gasteiger partial charge in [-0.2, -0.15) is 0 Å². The van der Waals surface area contributed by atoms with Crippen molar-refractivity contribution < 1.29 is 14.3 Å². The van der Waals surface area contributed by atoms with E-state index in [0.29, 0.717) is 29.8 Å². The van der Waals surface area contributed by atoms with E-state index >= 15 is 0 Å². The van der Waals surface area contributed by atoms with Crippen LogP contribution in [0.3, 0.4) is 0 Å². The van der Waals surface area contributed by atoms with Gasteiger partial charge >= 0.3 is 0 Å². The molecule has 2 rings (SSSR count). The number of carbonyl (C=O) groups is 1. The molecule has 1 aromatic carbocycles. The van der Waals surface area contributed by atoms with Crippen LogP contribution in [0.15, 0.2) is 18.2 Å². The lowest BCUT2D eigenvalue weighted by Gasteiger charge is -2.25. The molecule has 0 unspecified atom stereocenters. The molecule has 1 aliphatic rings. The molecule has 1 fully saturated rings. The van der Waals surface area contributed by atoms with Crippen molar-refractivity contribution in [1.29, 1.82) is 0 Å². The van der Waals surface area contributed by atoms with E-state index < -0.39 is 0 Å². The molecule has 4 nitrogen and oxygen atoms in total. The Balaban J connectivity index is 1.96. The van der Waals surface area contributed by atoms with Gasteiger partial charge in [0.15, 0.2) is 0 Å². The molecule has 0 spiro atoms. The molecule has 1 amide bonds. The van der Waals surface area contributed by atoms with E-state index in [4.69, 9.17) is 32.7 Å². The Labute approximate surface area is 147 Å². The van der Waals surface area contributed by atoms with Crippen LogP contribution in [0.5, 0.6) is 0 Å². The smallest absolute Gasteiger partial charge is 0.216 e. The summed E-state index contributed by atoms with van der Waals surface area (Å²) in [5, 5.41) is 3.85. The fourth-order valence-electron chi connectivity index (χ4n) is 2.79. The van der Waals surface area contributed by atoms with Crippen LogP contribution >= 0.6 is 23.2 Å². The van der Waals surface area contributed by atoms with Crippen LogP contribution in [0.1, 0.15) is 37.7 Å². The molecule has 0 bridgehead atoms. The van der Waals surface area contributed by atoms with Gasteiger partial charge in [0.1, 0.15) is 0 Å². The molecule has 0 saturated carbocycles. The maximum absolute atomic E-state index is 10.8. The van der Waals surface area contributed by atoms with Crippen molar-refractivity contribution in [2.45, 2.75) is 38.2 Å². The average Bonchev–Trinajstić information content (AvgIpc) is 2.75. The van der Waals surface area contributed by atoms with Crippen LogP contribution in [0.25, 0.3) is 0 Å². The zero-order valence-electron chi connectivity index (χ0n) is 13.3. The Bertz CT molecular complexity index is 525. The third kappa shape index (κ3) is 5.96. The highest BCUT2D eigenvalue weighted by Gasteiger charge is 2.26. The highest BCUT2D eigenvalue weighted by Crippen LogP contribution is 2.34. The van der Waals surface area contributed by atoms with Gasteiger partial charge in [-0.1, -0.05) is 35.7 Å². The Kier molecular flexibility index (Phi) is 7.63. The number of nitrogens with one attached hydrogen (secondary N) is 1. The van der Waals surface area contributed by atoms with Gasteiger partial charge in [-0.25, -0.2) is 0 Å². The minimum absolute atomic E-state index is 0.00734. The first kappa shape index (κ1) is 18.5. The third-order valence-corrected chi connectivity index (χ3v) is 4.70. The Morgan fingerprint density at radius 2 is 2.17 bits per heavy atom. The second-order valence-electron chi connectivity index (χ2n) is 5.74. The summed E-state index contributed by atoms with van der Waals surface area (Å²) in [6.07, 6.45) is 3.21.